The molecule has 0 saturated heterocycles. The Morgan fingerprint density at radius 1 is 1.33 bits per heavy atom. The summed E-state index contributed by atoms with van der Waals surface area (Å²) in [7, 11) is 2.11. The van der Waals surface area contributed by atoms with Gasteiger partial charge in [-0.25, -0.2) is 0 Å². The van der Waals surface area contributed by atoms with Crippen LogP contribution in [0.15, 0.2) is 30.5 Å². The zero-order valence-corrected chi connectivity index (χ0v) is 11.6. The first-order chi connectivity index (χ1) is 8.59. The second-order valence-corrected chi connectivity index (χ2v) is 4.81. The van der Waals surface area contributed by atoms with Crippen molar-refractivity contribution in [3.8, 4) is 0 Å². The molecule has 0 amide bonds. The Labute approximate surface area is 109 Å². The lowest BCUT2D eigenvalue weighted by Crippen LogP contribution is -2.19. The summed E-state index contributed by atoms with van der Waals surface area (Å²) in [5.41, 5.74) is 5.07. The fraction of sp³-hybridized carbons (Fsp3) is 0.400. The van der Waals surface area contributed by atoms with Gasteiger partial charge in [0.05, 0.1) is 5.69 Å². The Bertz CT molecular complexity index is 514. The molecule has 0 bridgehead atoms. The maximum Gasteiger partial charge on any atom is 0.0570 e. The van der Waals surface area contributed by atoms with E-state index in [2.05, 4.69) is 54.8 Å². The predicted molar refractivity (Wildman–Crippen MR) is 74.4 cm³/mol. The Hall–Kier alpha value is -1.61. The molecule has 2 rings (SSSR count). The van der Waals surface area contributed by atoms with Crippen LogP contribution in [0.1, 0.15) is 35.6 Å². The summed E-state index contributed by atoms with van der Waals surface area (Å²) < 4.78 is 2.22. The van der Waals surface area contributed by atoms with Crippen molar-refractivity contribution >= 4 is 0 Å². The van der Waals surface area contributed by atoms with Crippen LogP contribution in [0, 0.1) is 13.8 Å². The van der Waals surface area contributed by atoms with Crippen molar-refractivity contribution in [3.05, 3.63) is 53.1 Å². The van der Waals surface area contributed by atoms with Crippen molar-refractivity contribution in [1.82, 2.24) is 14.9 Å². The molecule has 1 atom stereocenters. The van der Waals surface area contributed by atoms with Crippen LogP contribution in [0.3, 0.4) is 0 Å². The van der Waals surface area contributed by atoms with Crippen LogP contribution < -0.4 is 5.32 Å². The summed E-state index contributed by atoms with van der Waals surface area (Å²) in [5, 5.41) is 3.52. The third-order valence-electron chi connectivity index (χ3n) is 3.61. The van der Waals surface area contributed by atoms with Gasteiger partial charge < -0.3 is 9.88 Å². The van der Waals surface area contributed by atoms with Gasteiger partial charge in [-0.05, 0) is 44.5 Å². The van der Waals surface area contributed by atoms with E-state index in [1.54, 1.807) is 0 Å². The lowest BCUT2D eigenvalue weighted by atomic mass is 10.2. The lowest BCUT2D eigenvalue weighted by Gasteiger charge is -2.13. The third kappa shape index (κ3) is 2.62. The molecule has 0 aliphatic heterocycles. The molecule has 2 aromatic rings. The number of rotatable bonds is 4. The molecule has 2 aromatic heterocycles. The maximum absolute atomic E-state index is 4.37. The van der Waals surface area contributed by atoms with Crippen LogP contribution in [0.25, 0.3) is 0 Å². The third-order valence-corrected chi connectivity index (χ3v) is 3.61. The van der Waals surface area contributed by atoms with E-state index < -0.39 is 0 Å². The summed E-state index contributed by atoms with van der Waals surface area (Å²) in [6.45, 7) is 7.33. The molecule has 1 unspecified atom stereocenters. The molecule has 3 heteroatoms. The number of hydrogen-bond donors (Lipinski definition) is 1. The van der Waals surface area contributed by atoms with Gasteiger partial charge >= 0.3 is 0 Å². The number of nitrogens with one attached hydrogen (secondary N) is 1. The molecule has 0 saturated carbocycles. The first kappa shape index (κ1) is 12.8. The normalized spacial score (nSPS) is 12.7. The van der Waals surface area contributed by atoms with E-state index in [-0.39, 0.29) is 6.04 Å². The minimum absolute atomic E-state index is 0.270. The van der Waals surface area contributed by atoms with Gasteiger partial charge in [0.1, 0.15) is 0 Å². The molecule has 1 N–H and O–H groups in total. The average molecular weight is 243 g/mol. The Kier molecular flexibility index (Phi) is 3.82. The Balaban J connectivity index is 2.02. The molecule has 0 spiro atoms. The highest BCUT2D eigenvalue weighted by Gasteiger charge is 2.09. The van der Waals surface area contributed by atoms with Crippen molar-refractivity contribution in [1.29, 1.82) is 0 Å². The van der Waals surface area contributed by atoms with E-state index >= 15 is 0 Å². The van der Waals surface area contributed by atoms with Gasteiger partial charge in [0, 0.05) is 37.2 Å². The van der Waals surface area contributed by atoms with E-state index in [9.17, 15) is 0 Å². The van der Waals surface area contributed by atoms with Gasteiger partial charge in [-0.3, -0.25) is 4.98 Å². The summed E-state index contributed by atoms with van der Waals surface area (Å²) in [6, 6.07) is 8.54. The first-order valence-electron chi connectivity index (χ1n) is 6.35. The predicted octanol–water partition coefficient (Wildman–Crippen LogP) is 2.89. The Morgan fingerprint density at radius 2 is 2.11 bits per heavy atom. The molecule has 18 heavy (non-hydrogen) atoms. The van der Waals surface area contributed by atoms with E-state index in [1.807, 2.05) is 18.3 Å². The van der Waals surface area contributed by atoms with E-state index in [4.69, 9.17) is 0 Å². The number of hydrogen-bond acceptors (Lipinski definition) is 2. The summed E-state index contributed by atoms with van der Waals surface area (Å²) in [6.07, 6.45) is 1.84. The summed E-state index contributed by atoms with van der Waals surface area (Å²) in [5.74, 6) is 0. The van der Waals surface area contributed by atoms with E-state index in [0.717, 1.165) is 12.2 Å². The minimum atomic E-state index is 0.270. The zero-order chi connectivity index (χ0) is 13.1. The van der Waals surface area contributed by atoms with Gasteiger partial charge in [-0.2, -0.15) is 0 Å². The number of aromatic nitrogens is 2. The van der Waals surface area contributed by atoms with Crippen molar-refractivity contribution in [3.63, 3.8) is 0 Å². The van der Waals surface area contributed by atoms with Crippen LogP contribution in [-0.4, -0.2) is 9.55 Å². The van der Waals surface area contributed by atoms with Gasteiger partial charge in [0.25, 0.3) is 0 Å². The molecule has 0 aromatic carbocycles. The fourth-order valence-corrected chi connectivity index (χ4v) is 2.11. The van der Waals surface area contributed by atoms with Crippen molar-refractivity contribution < 1.29 is 0 Å². The highest BCUT2D eigenvalue weighted by atomic mass is 15.0. The quantitative estimate of drug-likeness (QED) is 0.895. The van der Waals surface area contributed by atoms with Crippen LogP contribution >= 0.6 is 0 Å². The minimum Gasteiger partial charge on any atom is -0.352 e. The smallest absolute Gasteiger partial charge is 0.0570 e. The molecular formula is C15H21N3. The molecule has 0 aliphatic carbocycles. The van der Waals surface area contributed by atoms with Gasteiger partial charge in [-0.1, -0.05) is 6.07 Å². The Morgan fingerprint density at radius 3 is 2.67 bits per heavy atom. The van der Waals surface area contributed by atoms with Crippen molar-refractivity contribution in [2.75, 3.05) is 0 Å². The molecule has 0 radical (unpaired) electrons. The van der Waals surface area contributed by atoms with Gasteiger partial charge in [-0.15, -0.1) is 0 Å². The second kappa shape index (κ2) is 5.36. The largest absolute Gasteiger partial charge is 0.352 e. The molecular weight excluding hydrogens is 222 g/mol. The topological polar surface area (TPSA) is 29.9 Å². The average Bonchev–Trinajstić information content (AvgIpc) is 2.64. The number of nitrogens with zero attached hydrogens (tertiary/aromatic N) is 2. The standard InChI is InChI=1S/C15H21N3/c1-11-9-14(13(3)18(11)4)10-17-12(2)15-7-5-6-8-16-15/h5-9,12,17H,10H2,1-4H3. The monoisotopic (exact) mass is 243 g/mol. The lowest BCUT2D eigenvalue weighted by molar-refractivity contribution is 0.559. The summed E-state index contributed by atoms with van der Waals surface area (Å²) >= 11 is 0. The van der Waals surface area contributed by atoms with Crippen LogP contribution in [0.5, 0.6) is 0 Å². The second-order valence-electron chi connectivity index (χ2n) is 4.81. The molecule has 2 heterocycles. The SMILES string of the molecule is Cc1cc(CNC(C)c2ccccn2)c(C)n1C. The highest BCUT2D eigenvalue weighted by Crippen LogP contribution is 2.15. The van der Waals surface area contributed by atoms with Gasteiger partial charge in [0.15, 0.2) is 0 Å². The van der Waals surface area contributed by atoms with Crippen molar-refractivity contribution in [2.24, 2.45) is 7.05 Å². The summed E-state index contributed by atoms with van der Waals surface area (Å²) in [4.78, 5) is 4.37. The molecule has 0 fully saturated rings. The van der Waals surface area contributed by atoms with E-state index in [1.165, 1.54) is 17.0 Å². The molecule has 0 aliphatic rings. The molecule has 3 nitrogen and oxygen atoms in total. The maximum atomic E-state index is 4.37. The van der Waals surface area contributed by atoms with Crippen LogP contribution in [-0.2, 0) is 13.6 Å². The van der Waals surface area contributed by atoms with Crippen LogP contribution in [0.2, 0.25) is 0 Å². The van der Waals surface area contributed by atoms with Crippen LogP contribution in [0.4, 0.5) is 0 Å². The van der Waals surface area contributed by atoms with Gasteiger partial charge in [0.2, 0.25) is 0 Å². The highest BCUT2D eigenvalue weighted by molar-refractivity contribution is 5.26. The fourth-order valence-electron chi connectivity index (χ4n) is 2.11. The van der Waals surface area contributed by atoms with E-state index in [0.29, 0.717) is 0 Å². The zero-order valence-electron chi connectivity index (χ0n) is 11.6. The van der Waals surface area contributed by atoms with Crippen molar-refractivity contribution in [2.45, 2.75) is 33.4 Å². The number of aryl methyl sites for hydroxylation is 1. The number of pyridine rings is 1. The molecule has 96 valence electrons. The first-order valence-corrected chi connectivity index (χ1v) is 6.35.